The van der Waals surface area contributed by atoms with Crippen molar-refractivity contribution in [3.63, 3.8) is 0 Å². The quantitative estimate of drug-likeness (QED) is 0.777. The Bertz CT molecular complexity index is 317. The van der Waals surface area contributed by atoms with Crippen LogP contribution in [0.2, 0.25) is 0 Å². The molecule has 0 aromatic heterocycles. The van der Waals surface area contributed by atoms with E-state index >= 15 is 0 Å². The van der Waals surface area contributed by atoms with Crippen molar-refractivity contribution in [3.05, 3.63) is 35.6 Å². The predicted octanol–water partition coefficient (Wildman–Crippen LogP) is 2.12. The normalized spacial score (nSPS) is 14.8. The Hall–Kier alpha value is -0.930. The van der Waals surface area contributed by atoms with E-state index in [1.54, 1.807) is 12.1 Å². The summed E-state index contributed by atoms with van der Waals surface area (Å²) in [5.41, 5.74) is 1.02. The Labute approximate surface area is 96.5 Å². The Morgan fingerprint density at radius 1 is 1.31 bits per heavy atom. The molecule has 0 saturated heterocycles. The molecule has 2 unspecified atom stereocenters. The van der Waals surface area contributed by atoms with Crippen molar-refractivity contribution in [1.29, 1.82) is 0 Å². The van der Waals surface area contributed by atoms with Crippen molar-refractivity contribution in [1.82, 2.24) is 5.32 Å². The lowest BCUT2D eigenvalue weighted by Gasteiger charge is -2.18. The highest BCUT2D eigenvalue weighted by atomic mass is 19.1. The molecule has 0 saturated carbocycles. The van der Waals surface area contributed by atoms with Crippen LogP contribution in [0.3, 0.4) is 0 Å². The summed E-state index contributed by atoms with van der Waals surface area (Å²) >= 11 is 0. The van der Waals surface area contributed by atoms with Gasteiger partial charge < -0.3 is 10.4 Å². The van der Waals surface area contributed by atoms with Crippen LogP contribution >= 0.6 is 0 Å². The summed E-state index contributed by atoms with van der Waals surface area (Å²) in [6.45, 7) is 4.16. The molecule has 0 aliphatic carbocycles. The molecule has 2 N–H and O–H groups in total. The molecule has 2 atom stereocenters. The van der Waals surface area contributed by atoms with Gasteiger partial charge in [-0.25, -0.2) is 4.39 Å². The highest BCUT2D eigenvalue weighted by Crippen LogP contribution is 2.07. The van der Waals surface area contributed by atoms with Crippen molar-refractivity contribution >= 4 is 0 Å². The smallest absolute Gasteiger partial charge is 0.123 e. The molecular formula is C13H20FNO. The Morgan fingerprint density at radius 2 is 2.06 bits per heavy atom. The largest absolute Gasteiger partial charge is 0.395 e. The van der Waals surface area contributed by atoms with Gasteiger partial charge in [-0.05, 0) is 44.4 Å². The number of rotatable bonds is 6. The maximum Gasteiger partial charge on any atom is 0.123 e. The summed E-state index contributed by atoms with van der Waals surface area (Å²) in [6, 6.07) is 7.14. The van der Waals surface area contributed by atoms with Crippen molar-refractivity contribution in [2.45, 2.75) is 38.8 Å². The molecule has 16 heavy (non-hydrogen) atoms. The second-order valence-corrected chi connectivity index (χ2v) is 4.32. The van der Waals surface area contributed by atoms with Gasteiger partial charge in [-0.2, -0.15) is 0 Å². The maximum atomic E-state index is 12.9. The number of aryl methyl sites for hydroxylation is 1. The van der Waals surface area contributed by atoms with Crippen molar-refractivity contribution in [3.8, 4) is 0 Å². The van der Waals surface area contributed by atoms with E-state index in [0.29, 0.717) is 6.04 Å². The first kappa shape index (κ1) is 13.1. The highest BCUT2D eigenvalue weighted by Gasteiger charge is 2.06. The monoisotopic (exact) mass is 225 g/mol. The molecule has 0 radical (unpaired) electrons. The molecule has 1 aromatic rings. The van der Waals surface area contributed by atoms with Gasteiger partial charge in [-0.15, -0.1) is 0 Å². The van der Waals surface area contributed by atoms with Crippen LogP contribution in [0.15, 0.2) is 24.3 Å². The van der Waals surface area contributed by atoms with Crippen molar-refractivity contribution < 1.29 is 9.50 Å². The topological polar surface area (TPSA) is 32.3 Å². The molecule has 90 valence electrons. The zero-order chi connectivity index (χ0) is 12.0. The first-order valence-corrected chi connectivity index (χ1v) is 5.73. The molecule has 0 heterocycles. The first-order chi connectivity index (χ1) is 7.61. The molecule has 2 nitrogen and oxygen atoms in total. The molecule has 1 rings (SSSR count). The van der Waals surface area contributed by atoms with E-state index in [1.165, 1.54) is 6.07 Å². The lowest BCUT2D eigenvalue weighted by Crippen LogP contribution is -2.37. The predicted molar refractivity (Wildman–Crippen MR) is 63.9 cm³/mol. The van der Waals surface area contributed by atoms with E-state index in [-0.39, 0.29) is 18.5 Å². The van der Waals surface area contributed by atoms with Gasteiger partial charge in [-0.1, -0.05) is 12.1 Å². The summed E-state index contributed by atoms with van der Waals surface area (Å²) in [7, 11) is 0. The first-order valence-electron chi connectivity index (χ1n) is 5.73. The minimum atomic E-state index is -0.179. The number of hydrogen-bond donors (Lipinski definition) is 2. The summed E-state index contributed by atoms with van der Waals surface area (Å²) in [4.78, 5) is 0. The average molecular weight is 225 g/mol. The third-order valence-electron chi connectivity index (χ3n) is 2.60. The van der Waals surface area contributed by atoms with Crippen LogP contribution < -0.4 is 5.32 Å². The minimum absolute atomic E-state index is 0.113. The van der Waals surface area contributed by atoms with Gasteiger partial charge >= 0.3 is 0 Å². The van der Waals surface area contributed by atoms with Crippen molar-refractivity contribution in [2.75, 3.05) is 6.61 Å². The summed E-state index contributed by atoms with van der Waals surface area (Å²) in [5, 5.41) is 12.2. The van der Waals surface area contributed by atoms with Crippen LogP contribution in [0.5, 0.6) is 0 Å². The molecule has 0 spiro atoms. The average Bonchev–Trinajstić information content (AvgIpc) is 2.26. The number of benzene rings is 1. The SMILES string of the molecule is CC(CO)NC(C)CCc1cccc(F)c1. The number of aliphatic hydroxyl groups is 1. The lowest BCUT2D eigenvalue weighted by molar-refractivity contribution is 0.241. The van der Waals surface area contributed by atoms with E-state index in [9.17, 15) is 4.39 Å². The van der Waals surface area contributed by atoms with E-state index in [0.717, 1.165) is 18.4 Å². The van der Waals surface area contributed by atoms with Gasteiger partial charge in [0.1, 0.15) is 5.82 Å². The fourth-order valence-corrected chi connectivity index (χ4v) is 1.70. The van der Waals surface area contributed by atoms with Crippen LogP contribution in [-0.2, 0) is 6.42 Å². The van der Waals surface area contributed by atoms with Gasteiger partial charge in [-0.3, -0.25) is 0 Å². The molecule has 0 amide bonds. The number of halogens is 1. The molecule has 0 aliphatic heterocycles. The lowest BCUT2D eigenvalue weighted by atomic mass is 10.1. The van der Waals surface area contributed by atoms with E-state index < -0.39 is 0 Å². The summed E-state index contributed by atoms with van der Waals surface area (Å²) < 4.78 is 12.9. The zero-order valence-corrected chi connectivity index (χ0v) is 9.91. The third kappa shape index (κ3) is 4.73. The molecule has 3 heteroatoms. The Balaban J connectivity index is 2.34. The van der Waals surface area contributed by atoms with Crippen LogP contribution in [0.4, 0.5) is 4.39 Å². The van der Waals surface area contributed by atoms with E-state index in [2.05, 4.69) is 12.2 Å². The fraction of sp³-hybridized carbons (Fsp3) is 0.538. The molecule has 1 aromatic carbocycles. The number of nitrogens with one attached hydrogen (secondary N) is 1. The van der Waals surface area contributed by atoms with Crippen LogP contribution in [-0.4, -0.2) is 23.8 Å². The summed E-state index contributed by atoms with van der Waals surface area (Å²) in [6.07, 6.45) is 1.79. The van der Waals surface area contributed by atoms with Crippen LogP contribution in [0.25, 0.3) is 0 Å². The zero-order valence-electron chi connectivity index (χ0n) is 9.91. The van der Waals surface area contributed by atoms with E-state index in [4.69, 9.17) is 5.11 Å². The van der Waals surface area contributed by atoms with Gasteiger partial charge in [0.15, 0.2) is 0 Å². The standard InChI is InChI=1S/C13H20FNO/c1-10(15-11(2)9-16)6-7-12-4-3-5-13(14)8-12/h3-5,8,10-11,15-16H,6-7,9H2,1-2H3. The van der Waals surface area contributed by atoms with Crippen LogP contribution in [0, 0.1) is 5.82 Å². The Morgan fingerprint density at radius 3 is 2.69 bits per heavy atom. The molecular weight excluding hydrogens is 205 g/mol. The molecule has 0 fully saturated rings. The second-order valence-electron chi connectivity index (χ2n) is 4.32. The fourth-order valence-electron chi connectivity index (χ4n) is 1.70. The van der Waals surface area contributed by atoms with E-state index in [1.807, 2.05) is 13.0 Å². The van der Waals surface area contributed by atoms with Gasteiger partial charge in [0.25, 0.3) is 0 Å². The van der Waals surface area contributed by atoms with Crippen molar-refractivity contribution in [2.24, 2.45) is 0 Å². The summed E-state index contributed by atoms with van der Waals surface area (Å²) in [5.74, 6) is -0.179. The number of aliphatic hydroxyl groups excluding tert-OH is 1. The Kier molecular flexibility index (Phi) is 5.43. The molecule has 0 bridgehead atoms. The molecule has 0 aliphatic rings. The van der Waals surface area contributed by atoms with Gasteiger partial charge in [0, 0.05) is 12.1 Å². The van der Waals surface area contributed by atoms with Crippen LogP contribution in [0.1, 0.15) is 25.8 Å². The second kappa shape index (κ2) is 6.61. The third-order valence-corrected chi connectivity index (χ3v) is 2.60. The minimum Gasteiger partial charge on any atom is -0.395 e. The van der Waals surface area contributed by atoms with Gasteiger partial charge in [0.2, 0.25) is 0 Å². The maximum absolute atomic E-state index is 12.9. The highest BCUT2D eigenvalue weighted by molar-refractivity contribution is 5.16. The number of hydrogen-bond acceptors (Lipinski definition) is 2. The van der Waals surface area contributed by atoms with Gasteiger partial charge in [0.05, 0.1) is 6.61 Å².